The van der Waals surface area contributed by atoms with Crippen molar-refractivity contribution >= 4 is 11.6 Å². The third-order valence-electron chi connectivity index (χ3n) is 2.14. The molecule has 0 fully saturated rings. The van der Waals surface area contributed by atoms with Crippen LogP contribution >= 0.6 is 0 Å². The maximum absolute atomic E-state index is 5.01. The number of anilines is 2. The molecule has 0 spiro atoms. The Labute approximate surface area is 104 Å². The average molecular weight is 250 g/mol. The van der Waals surface area contributed by atoms with Gasteiger partial charge in [0.1, 0.15) is 18.2 Å². The Morgan fingerprint density at radius 3 is 2.78 bits per heavy atom. The van der Waals surface area contributed by atoms with Gasteiger partial charge in [0.05, 0.1) is 6.54 Å². The van der Waals surface area contributed by atoms with E-state index in [1.165, 1.54) is 6.39 Å². The summed E-state index contributed by atoms with van der Waals surface area (Å²) in [5.74, 6) is 2.55. The van der Waals surface area contributed by atoms with E-state index in [4.69, 9.17) is 4.74 Å². The molecule has 2 heterocycles. The molecule has 0 amide bonds. The first-order valence-electron chi connectivity index (χ1n) is 5.35. The molecule has 2 rings (SSSR count). The highest BCUT2D eigenvalue weighted by molar-refractivity contribution is 5.47. The number of hydrogen-bond acceptors (Lipinski definition) is 8. The van der Waals surface area contributed by atoms with E-state index in [0.717, 1.165) is 0 Å². The standard InChI is InChI=1S/C10H14N6O2/c1-11-7-3-8(15-10(14-7)5-17-2)12-4-9-13-6-18-16-9/h3,6H,4-5H2,1-2H3,(H2,11,12,14,15). The Hall–Kier alpha value is -2.22. The highest BCUT2D eigenvalue weighted by atomic mass is 16.5. The zero-order chi connectivity index (χ0) is 12.8. The van der Waals surface area contributed by atoms with Crippen molar-refractivity contribution in [1.82, 2.24) is 20.1 Å². The Balaban J connectivity index is 2.08. The third kappa shape index (κ3) is 3.14. The minimum Gasteiger partial charge on any atom is -0.377 e. The Morgan fingerprint density at radius 2 is 2.11 bits per heavy atom. The monoisotopic (exact) mass is 250 g/mol. The first-order valence-corrected chi connectivity index (χ1v) is 5.35. The van der Waals surface area contributed by atoms with Gasteiger partial charge in [0.25, 0.3) is 0 Å². The van der Waals surface area contributed by atoms with Crippen molar-refractivity contribution in [2.24, 2.45) is 0 Å². The molecule has 0 aromatic carbocycles. The summed E-state index contributed by atoms with van der Waals surface area (Å²) in [6.45, 7) is 0.787. The molecule has 8 heteroatoms. The van der Waals surface area contributed by atoms with Crippen LogP contribution in [0.1, 0.15) is 11.6 Å². The SMILES string of the molecule is CNc1cc(NCc2ncon2)nc(COC)n1. The van der Waals surface area contributed by atoms with Crippen LogP contribution in [-0.4, -0.2) is 34.3 Å². The molecule has 0 saturated carbocycles. The summed E-state index contributed by atoms with van der Waals surface area (Å²) in [5, 5.41) is 9.75. The lowest BCUT2D eigenvalue weighted by molar-refractivity contribution is 0.178. The smallest absolute Gasteiger partial charge is 0.213 e. The molecular formula is C10H14N6O2. The maximum Gasteiger partial charge on any atom is 0.213 e. The van der Waals surface area contributed by atoms with Crippen molar-refractivity contribution in [2.75, 3.05) is 24.8 Å². The largest absolute Gasteiger partial charge is 0.377 e. The van der Waals surface area contributed by atoms with E-state index < -0.39 is 0 Å². The van der Waals surface area contributed by atoms with Gasteiger partial charge in [-0.2, -0.15) is 4.98 Å². The predicted octanol–water partition coefficient (Wildman–Crippen LogP) is 0.660. The summed E-state index contributed by atoms with van der Waals surface area (Å²) < 4.78 is 9.66. The van der Waals surface area contributed by atoms with E-state index in [-0.39, 0.29) is 0 Å². The van der Waals surface area contributed by atoms with Gasteiger partial charge in [0.15, 0.2) is 11.6 Å². The van der Waals surface area contributed by atoms with Crippen molar-refractivity contribution in [3.63, 3.8) is 0 Å². The molecule has 0 atom stereocenters. The van der Waals surface area contributed by atoms with Gasteiger partial charge in [-0.15, -0.1) is 0 Å². The van der Waals surface area contributed by atoms with Crippen LogP contribution < -0.4 is 10.6 Å². The minimum absolute atomic E-state index is 0.354. The number of aromatic nitrogens is 4. The summed E-state index contributed by atoms with van der Waals surface area (Å²) >= 11 is 0. The molecule has 2 aromatic heterocycles. The van der Waals surface area contributed by atoms with E-state index in [0.29, 0.717) is 36.4 Å². The van der Waals surface area contributed by atoms with Crippen LogP contribution in [-0.2, 0) is 17.9 Å². The van der Waals surface area contributed by atoms with Crippen molar-refractivity contribution in [3.05, 3.63) is 24.1 Å². The number of nitrogens with zero attached hydrogens (tertiary/aromatic N) is 4. The molecule has 0 radical (unpaired) electrons. The summed E-state index contributed by atoms with van der Waals surface area (Å²) in [7, 11) is 3.39. The van der Waals surface area contributed by atoms with Crippen LogP contribution in [0.5, 0.6) is 0 Å². The van der Waals surface area contributed by atoms with Crippen molar-refractivity contribution < 1.29 is 9.26 Å². The van der Waals surface area contributed by atoms with Gasteiger partial charge < -0.3 is 19.9 Å². The van der Waals surface area contributed by atoms with E-state index >= 15 is 0 Å². The Bertz CT molecular complexity index is 487. The fraction of sp³-hybridized carbons (Fsp3) is 0.400. The van der Waals surface area contributed by atoms with Crippen molar-refractivity contribution in [2.45, 2.75) is 13.2 Å². The zero-order valence-electron chi connectivity index (χ0n) is 10.2. The molecule has 8 nitrogen and oxygen atoms in total. The zero-order valence-corrected chi connectivity index (χ0v) is 10.2. The Kier molecular flexibility index (Phi) is 4.02. The van der Waals surface area contributed by atoms with Gasteiger partial charge in [0.2, 0.25) is 6.39 Å². The molecule has 0 saturated heterocycles. The lowest BCUT2D eigenvalue weighted by Crippen LogP contribution is -2.08. The highest BCUT2D eigenvalue weighted by Crippen LogP contribution is 2.12. The topological polar surface area (TPSA) is 98.0 Å². The van der Waals surface area contributed by atoms with Crippen LogP contribution in [0.25, 0.3) is 0 Å². The van der Waals surface area contributed by atoms with Gasteiger partial charge in [-0.1, -0.05) is 5.16 Å². The van der Waals surface area contributed by atoms with Crippen LogP contribution in [0.4, 0.5) is 11.6 Å². The summed E-state index contributed by atoms with van der Waals surface area (Å²) in [6, 6.07) is 1.79. The summed E-state index contributed by atoms with van der Waals surface area (Å²) in [6.07, 6.45) is 1.28. The minimum atomic E-state index is 0.354. The molecule has 0 aliphatic carbocycles. The van der Waals surface area contributed by atoms with Crippen LogP contribution in [0.15, 0.2) is 17.0 Å². The molecule has 2 N–H and O–H groups in total. The van der Waals surface area contributed by atoms with E-state index in [2.05, 4.69) is 35.3 Å². The van der Waals surface area contributed by atoms with Crippen molar-refractivity contribution in [1.29, 1.82) is 0 Å². The summed E-state index contributed by atoms with van der Waals surface area (Å²) in [5.41, 5.74) is 0. The number of ether oxygens (including phenoxy) is 1. The fourth-order valence-electron chi connectivity index (χ4n) is 1.35. The molecule has 0 unspecified atom stereocenters. The fourth-order valence-corrected chi connectivity index (χ4v) is 1.35. The molecule has 96 valence electrons. The van der Waals surface area contributed by atoms with Crippen LogP contribution in [0.2, 0.25) is 0 Å². The second-order valence-corrected chi connectivity index (χ2v) is 3.44. The predicted molar refractivity (Wildman–Crippen MR) is 63.9 cm³/mol. The lowest BCUT2D eigenvalue weighted by atomic mass is 10.4. The lowest BCUT2D eigenvalue weighted by Gasteiger charge is -2.08. The van der Waals surface area contributed by atoms with E-state index in [9.17, 15) is 0 Å². The van der Waals surface area contributed by atoms with Gasteiger partial charge in [-0.25, -0.2) is 9.97 Å². The normalized spacial score (nSPS) is 10.3. The second-order valence-electron chi connectivity index (χ2n) is 3.44. The number of nitrogens with one attached hydrogen (secondary N) is 2. The first kappa shape index (κ1) is 12.2. The maximum atomic E-state index is 5.01. The number of rotatable bonds is 6. The molecule has 0 aliphatic rings. The molecule has 0 aliphatic heterocycles. The quantitative estimate of drug-likeness (QED) is 0.771. The second kappa shape index (κ2) is 5.92. The van der Waals surface area contributed by atoms with Crippen LogP contribution in [0.3, 0.4) is 0 Å². The van der Waals surface area contributed by atoms with Gasteiger partial charge in [0, 0.05) is 20.2 Å². The molecule has 0 bridgehead atoms. The van der Waals surface area contributed by atoms with Crippen molar-refractivity contribution in [3.8, 4) is 0 Å². The van der Waals surface area contributed by atoms with Gasteiger partial charge in [-0.3, -0.25) is 0 Å². The number of methoxy groups -OCH3 is 1. The van der Waals surface area contributed by atoms with Gasteiger partial charge >= 0.3 is 0 Å². The average Bonchev–Trinajstić information content (AvgIpc) is 2.89. The van der Waals surface area contributed by atoms with E-state index in [1.54, 1.807) is 20.2 Å². The van der Waals surface area contributed by atoms with E-state index in [1.807, 2.05) is 0 Å². The van der Waals surface area contributed by atoms with Gasteiger partial charge in [-0.05, 0) is 0 Å². The first-order chi connectivity index (χ1) is 8.81. The van der Waals surface area contributed by atoms with Crippen LogP contribution in [0, 0.1) is 0 Å². The summed E-state index contributed by atoms with van der Waals surface area (Å²) in [4.78, 5) is 12.5. The third-order valence-corrected chi connectivity index (χ3v) is 2.14. The molecular weight excluding hydrogens is 236 g/mol. The number of hydrogen-bond donors (Lipinski definition) is 2. The Morgan fingerprint density at radius 1 is 1.28 bits per heavy atom. The molecule has 2 aromatic rings. The highest BCUT2D eigenvalue weighted by Gasteiger charge is 2.05. The molecule has 18 heavy (non-hydrogen) atoms.